The van der Waals surface area contributed by atoms with E-state index in [4.69, 9.17) is 4.98 Å². The maximum absolute atomic E-state index is 12.8. The number of anilines is 2. The van der Waals surface area contributed by atoms with E-state index in [1.807, 2.05) is 36.4 Å². The summed E-state index contributed by atoms with van der Waals surface area (Å²) in [7, 11) is 0. The van der Waals surface area contributed by atoms with E-state index in [2.05, 4.69) is 35.1 Å². The molecule has 0 saturated heterocycles. The number of hydrogen-bond acceptors (Lipinski definition) is 3. The van der Waals surface area contributed by atoms with Gasteiger partial charge in [-0.1, -0.05) is 43.2 Å². The standard InChI is InChI=1S/C23H28N4O/c1-3-27(4-2)21-15-19-18(24-22(25-19)16-10-6-5-7-11-16)14-20(21)26-23(28)17-12-8-9-13-17/h5-7,10-11,14-15,17H,3-4,8-9,12-13H2,1-2H3,(H,24,25)(H,26,28). The predicted octanol–water partition coefficient (Wildman–Crippen LogP) is 5.20. The maximum atomic E-state index is 12.8. The monoisotopic (exact) mass is 376 g/mol. The maximum Gasteiger partial charge on any atom is 0.227 e. The Balaban J connectivity index is 1.74. The minimum Gasteiger partial charge on any atom is -0.370 e. The largest absolute Gasteiger partial charge is 0.370 e. The van der Waals surface area contributed by atoms with Crippen LogP contribution in [-0.2, 0) is 4.79 Å². The summed E-state index contributed by atoms with van der Waals surface area (Å²) in [5.74, 6) is 1.13. The quantitative estimate of drug-likeness (QED) is 0.621. The van der Waals surface area contributed by atoms with E-state index in [9.17, 15) is 4.79 Å². The second-order valence-corrected chi connectivity index (χ2v) is 7.48. The van der Waals surface area contributed by atoms with Gasteiger partial charge in [0.15, 0.2) is 0 Å². The van der Waals surface area contributed by atoms with Crippen molar-refractivity contribution in [2.75, 3.05) is 23.3 Å². The van der Waals surface area contributed by atoms with E-state index in [1.165, 1.54) is 0 Å². The molecule has 1 aliphatic carbocycles. The highest BCUT2D eigenvalue weighted by Gasteiger charge is 2.24. The van der Waals surface area contributed by atoms with Gasteiger partial charge in [0, 0.05) is 24.6 Å². The van der Waals surface area contributed by atoms with Gasteiger partial charge in [-0.3, -0.25) is 4.79 Å². The van der Waals surface area contributed by atoms with Crippen LogP contribution in [0.15, 0.2) is 42.5 Å². The van der Waals surface area contributed by atoms with Crippen LogP contribution in [0.5, 0.6) is 0 Å². The Morgan fingerprint density at radius 1 is 1.14 bits per heavy atom. The van der Waals surface area contributed by atoms with Gasteiger partial charge in [-0.2, -0.15) is 0 Å². The van der Waals surface area contributed by atoms with Crippen LogP contribution in [0.25, 0.3) is 22.4 Å². The van der Waals surface area contributed by atoms with Gasteiger partial charge < -0.3 is 15.2 Å². The molecule has 28 heavy (non-hydrogen) atoms. The average molecular weight is 377 g/mol. The van der Waals surface area contributed by atoms with Gasteiger partial charge in [0.1, 0.15) is 5.82 Å². The van der Waals surface area contributed by atoms with Crippen molar-refractivity contribution in [3.63, 3.8) is 0 Å². The third-order valence-corrected chi connectivity index (χ3v) is 5.73. The first-order valence-corrected chi connectivity index (χ1v) is 10.3. The first-order chi connectivity index (χ1) is 13.7. The van der Waals surface area contributed by atoms with Crippen LogP contribution in [0.3, 0.4) is 0 Å². The fourth-order valence-corrected chi connectivity index (χ4v) is 4.13. The lowest BCUT2D eigenvalue weighted by molar-refractivity contribution is -0.119. The van der Waals surface area contributed by atoms with E-state index >= 15 is 0 Å². The van der Waals surface area contributed by atoms with E-state index in [0.29, 0.717) is 0 Å². The molecule has 1 aliphatic rings. The van der Waals surface area contributed by atoms with Crippen molar-refractivity contribution in [2.45, 2.75) is 39.5 Å². The summed E-state index contributed by atoms with van der Waals surface area (Å²) in [5.41, 5.74) is 4.82. The predicted molar refractivity (Wildman–Crippen MR) is 116 cm³/mol. The molecule has 1 saturated carbocycles. The van der Waals surface area contributed by atoms with Crippen LogP contribution >= 0.6 is 0 Å². The van der Waals surface area contributed by atoms with Gasteiger partial charge in [0.25, 0.3) is 0 Å². The Hall–Kier alpha value is -2.82. The molecular formula is C23H28N4O. The zero-order valence-electron chi connectivity index (χ0n) is 16.7. The lowest BCUT2D eigenvalue weighted by Gasteiger charge is -2.25. The number of imidazole rings is 1. The molecule has 2 N–H and O–H groups in total. The number of amides is 1. The molecule has 146 valence electrons. The van der Waals surface area contributed by atoms with Gasteiger partial charge >= 0.3 is 0 Å². The molecule has 1 amide bonds. The summed E-state index contributed by atoms with van der Waals surface area (Å²) in [4.78, 5) is 23.3. The summed E-state index contributed by atoms with van der Waals surface area (Å²) < 4.78 is 0. The molecule has 1 heterocycles. The smallest absolute Gasteiger partial charge is 0.227 e. The van der Waals surface area contributed by atoms with Crippen molar-refractivity contribution in [3.05, 3.63) is 42.5 Å². The van der Waals surface area contributed by atoms with E-state index < -0.39 is 0 Å². The molecule has 3 aromatic rings. The van der Waals surface area contributed by atoms with Gasteiger partial charge in [-0.15, -0.1) is 0 Å². The third kappa shape index (κ3) is 3.61. The van der Waals surface area contributed by atoms with Crippen molar-refractivity contribution < 1.29 is 4.79 Å². The molecule has 2 aromatic carbocycles. The third-order valence-electron chi connectivity index (χ3n) is 5.73. The minimum absolute atomic E-state index is 0.141. The highest BCUT2D eigenvalue weighted by Crippen LogP contribution is 2.34. The zero-order valence-corrected chi connectivity index (χ0v) is 16.7. The second-order valence-electron chi connectivity index (χ2n) is 7.48. The summed E-state index contributed by atoms with van der Waals surface area (Å²) in [6, 6.07) is 14.2. The number of benzene rings is 2. The van der Waals surface area contributed by atoms with Crippen molar-refractivity contribution in [1.82, 2.24) is 9.97 Å². The Bertz CT molecular complexity index is 953. The number of carbonyl (C=O) groups excluding carboxylic acids is 1. The molecule has 4 rings (SSSR count). The molecular weight excluding hydrogens is 348 g/mol. The number of nitrogens with zero attached hydrogens (tertiary/aromatic N) is 2. The molecule has 0 atom stereocenters. The van der Waals surface area contributed by atoms with Crippen LogP contribution in [0.1, 0.15) is 39.5 Å². The van der Waals surface area contributed by atoms with Crippen LogP contribution in [-0.4, -0.2) is 29.0 Å². The lowest BCUT2D eigenvalue weighted by atomic mass is 10.1. The highest BCUT2D eigenvalue weighted by molar-refractivity contribution is 5.99. The van der Waals surface area contributed by atoms with Gasteiger partial charge in [0.2, 0.25) is 5.91 Å². The van der Waals surface area contributed by atoms with Crippen LogP contribution in [0, 0.1) is 5.92 Å². The molecule has 5 nitrogen and oxygen atoms in total. The van der Waals surface area contributed by atoms with Crippen molar-refractivity contribution in [2.24, 2.45) is 5.92 Å². The molecule has 0 radical (unpaired) electrons. The van der Waals surface area contributed by atoms with Gasteiger partial charge in [-0.25, -0.2) is 4.98 Å². The second kappa shape index (κ2) is 8.05. The molecule has 1 fully saturated rings. The Kier molecular flexibility index (Phi) is 5.33. The topological polar surface area (TPSA) is 61.0 Å². The van der Waals surface area contributed by atoms with Gasteiger partial charge in [0.05, 0.1) is 22.4 Å². The SMILES string of the molecule is CCN(CC)c1cc2nc(-c3ccccc3)[nH]c2cc1NC(=O)C1CCCC1. The van der Waals surface area contributed by atoms with Crippen LogP contribution in [0.2, 0.25) is 0 Å². The van der Waals surface area contributed by atoms with Crippen molar-refractivity contribution in [3.8, 4) is 11.4 Å². The molecule has 5 heteroatoms. The average Bonchev–Trinajstić information content (AvgIpc) is 3.39. The number of H-pyrrole nitrogens is 1. The number of aromatic nitrogens is 2. The number of carbonyl (C=O) groups is 1. The number of nitrogens with one attached hydrogen (secondary N) is 2. The summed E-state index contributed by atoms with van der Waals surface area (Å²) in [6.45, 7) is 6.03. The Morgan fingerprint density at radius 2 is 1.86 bits per heavy atom. The fraction of sp³-hybridized carbons (Fsp3) is 0.391. The number of aromatic amines is 1. The first-order valence-electron chi connectivity index (χ1n) is 10.3. The highest BCUT2D eigenvalue weighted by atomic mass is 16.1. The van der Waals surface area contributed by atoms with Gasteiger partial charge in [-0.05, 0) is 38.8 Å². The van der Waals surface area contributed by atoms with Crippen molar-refractivity contribution in [1.29, 1.82) is 0 Å². The van der Waals surface area contributed by atoms with E-state index in [-0.39, 0.29) is 11.8 Å². The number of rotatable bonds is 6. The van der Waals surface area contributed by atoms with Crippen molar-refractivity contribution >= 4 is 28.3 Å². The Morgan fingerprint density at radius 3 is 2.54 bits per heavy atom. The molecule has 0 aliphatic heterocycles. The van der Waals surface area contributed by atoms with E-state index in [0.717, 1.165) is 72.6 Å². The Labute approximate surface area is 166 Å². The number of hydrogen-bond donors (Lipinski definition) is 2. The zero-order chi connectivity index (χ0) is 19.5. The molecule has 0 bridgehead atoms. The molecule has 0 spiro atoms. The minimum atomic E-state index is 0.141. The lowest BCUT2D eigenvalue weighted by Crippen LogP contribution is -2.26. The first kappa shape index (κ1) is 18.5. The number of fused-ring (bicyclic) bond motifs is 1. The fourth-order valence-electron chi connectivity index (χ4n) is 4.13. The van der Waals surface area contributed by atoms with Crippen LogP contribution in [0.4, 0.5) is 11.4 Å². The van der Waals surface area contributed by atoms with E-state index in [1.54, 1.807) is 0 Å². The summed E-state index contributed by atoms with van der Waals surface area (Å²) >= 11 is 0. The molecule has 1 aromatic heterocycles. The van der Waals surface area contributed by atoms with Crippen LogP contribution < -0.4 is 10.2 Å². The summed E-state index contributed by atoms with van der Waals surface area (Å²) in [5, 5.41) is 3.21. The molecule has 0 unspecified atom stereocenters. The summed E-state index contributed by atoms with van der Waals surface area (Å²) in [6.07, 6.45) is 4.30. The normalized spacial score (nSPS) is 14.5.